The van der Waals surface area contributed by atoms with E-state index >= 15 is 0 Å². The molecular formula is C13H18ClN3S. The van der Waals surface area contributed by atoms with E-state index in [1.54, 1.807) is 17.7 Å². The summed E-state index contributed by atoms with van der Waals surface area (Å²) in [5.74, 6) is 1.59. The Morgan fingerprint density at radius 1 is 1.33 bits per heavy atom. The van der Waals surface area contributed by atoms with Crippen LogP contribution in [0.5, 0.6) is 0 Å². The van der Waals surface area contributed by atoms with Crippen molar-refractivity contribution in [2.75, 3.05) is 17.7 Å². The number of rotatable bonds is 6. The first-order valence-electron chi connectivity index (χ1n) is 6.22. The van der Waals surface area contributed by atoms with Gasteiger partial charge in [0.25, 0.3) is 0 Å². The molecular weight excluding hydrogens is 266 g/mol. The van der Waals surface area contributed by atoms with Gasteiger partial charge >= 0.3 is 0 Å². The van der Waals surface area contributed by atoms with Crippen LogP contribution in [0.2, 0.25) is 0 Å². The Bertz CT molecular complexity index is 499. The van der Waals surface area contributed by atoms with E-state index in [4.69, 9.17) is 11.6 Å². The van der Waals surface area contributed by atoms with Crippen LogP contribution in [0.1, 0.15) is 26.7 Å². The number of hydrogen-bond acceptors (Lipinski definition) is 4. The first-order valence-corrected chi connectivity index (χ1v) is 7.64. The van der Waals surface area contributed by atoms with Crippen LogP contribution in [0.25, 0.3) is 10.2 Å². The Hall–Kier alpha value is -0.870. The quantitative estimate of drug-likeness (QED) is 0.810. The number of halogens is 1. The highest BCUT2D eigenvalue weighted by Gasteiger charge is 2.25. The summed E-state index contributed by atoms with van der Waals surface area (Å²) in [6, 6.07) is 2.06. The zero-order valence-corrected chi connectivity index (χ0v) is 12.3. The van der Waals surface area contributed by atoms with Crippen LogP contribution >= 0.6 is 22.9 Å². The molecule has 0 bridgehead atoms. The van der Waals surface area contributed by atoms with Crippen LogP contribution in [0.4, 0.5) is 5.82 Å². The minimum atomic E-state index is 0.148. The van der Waals surface area contributed by atoms with Crippen molar-refractivity contribution < 1.29 is 0 Å². The number of alkyl halides is 1. The first kappa shape index (κ1) is 13.6. The van der Waals surface area contributed by atoms with Crippen LogP contribution in [0.15, 0.2) is 17.8 Å². The Labute approximate surface area is 117 Å². The molecule has 18 heavy (non-hydrogen) atoms. The molecule has 2 aromatic heterocycles. The zero-order chi connectivity index (χ0) is 13.0. The normalized spacial score (nSPS) is 11.9. The van der Waals surface area contributed by atoms with Gasteiger partial charge in [-0.2, -0.15) is 0 Å². The van der Waals surface area contributed by atoms with E-state index < -0.39 is 0 Å². The lowest BCUT2D eigenvalue weighted by Gasteiger charge is -2.29. The van der Waals surface area contributed by atoms with Gasteiger partial charge in [-0.05, 0) is 24.3 Å². The highest BCUT2D eigenvalue weighted by atomic mass is 35.5. The summed E-state index contributed by atoms with van der Waals surface area (Å²) >= 11 is 7.75. The lowest BCUT2D eigenvalue weighted by atomic mass is 9.84. The van der Waals surface area contributed by atoms with Crippen molar-refractivity contribution in [3.05, 3.63) is 17.8 Å². The molecule has 2 aromatic rings. The van der Waals surface area contributed by atoms with Crippen molar-refractivity contribution >= 4 is 39.0 Å². The minimum Gasteiger partial charge on any atom is -0.369 e. The number of aromatic nitrogens is 2. The molecule has 0 spiro atoms. The maximum Gasteiger partial charge on any atom is 0.138 e. The fourth-order valence-corrected chi connectivity index (χ4v) is 3.14. The van der Waals surface area contributed by atoms with Crippen molar-refractivity contribution in [2.45, 2.75) is 26.7 Å². The molecule has 0 atom stereocenters. The van der Waals surface area contributed by atoms with Gasteiger partial charge in [-0.1, -0.05) is 13.8 Å². The van der Waals surface area contributed by atoms with Crippen molar-refractivity contribution in [1.82, 2.24) is 9.97 Å². The molecule has 0 fully saturated rings. The second-order valence-electron chi connectivity index (χ2n) is 4.56. The fraction of sp³-hybridized carbons (Fsp3) is 0.538. The molecule has 0 aromatic carbocycles. The third-order valence-corrected chi connectivity index (χ3v) is 5.06. The predicted octanol–water partition coefficient (Wildman–Crippen LogP) is 4.15. The molecule has 0 unspecified atom stereocenters. The molecule has 1 N–H and O–H groups in total. The Balaban J connectivity index is 2.17. The largest absolute Gasteiger partial charge is 0.369 e. The second kappa shape index (κ2) is 5.85. The molecule has 5 heteroatoms. The molecule has 98 valence electrons. The van der Waals surface area contributed by atoms with E-state index in [-0.39, 0.29) is 5.41 Å². The van der Waals surface area contributed by atoms with Gasteiger partial charge in [-0.15, -0.1) is 22.9 Å². The number of nitrogens with zero attached hydrogens (tertiary/aromatic N) is 2. The lowest BCUT2D eigenvalue weighted by Crippen LogP contribution is -2.30. The molecule has 3 nitrogen and oxygen atoms in total. The van der Waals surface area contributed by atoms with E-state index in [1.165, 1.54) is 0 Å². The summed E-state index contributed by atoms with van der Waals surface area (Å²) in [5, 5.41) is 6.57. The van der Waals surface area contributed by atoms with Gasteiger partial charge in [0, 0.05) is 17.8 Å². The van der Waals surface area contributed by atoms with E-state index in [9.17, 15) is 0 Å². The van der Waals surface area contributed by atoms with Crippen LogP contribution in [-0.2, 0) is 0 Å². The van der Waals surface area contributed by atoms with Crippen molar-refractivity contribution in [2.24, 2.45) is 5.41 Å². The van der Waals surface area contributed by atoms with Crippen LogP contribution in [-0.4, -0.2) is 22.4 Å². The number of hydrogen-bond donors (Lipinski definition) is 1. The average molecular weight is 284 g/mol. The Morgan fingerprint density at radius 3 is 2.78 bits per heavy atom. The monoisotopic (exact) mass is 283 g/mol. The summed E-state index contributed by atoms with van der Waals surface area (Å²) in [5.41, 5.74) is 0.148. The van der Waals surface area contributed by atoms with Crippen LogP contribution in [0, 0.1) is 5.41 Å². The van der Waals surface area contributed by atoms with E-state index in [0.717, 1.165) is 35.4 Å². The van der Waals surface area contributed by atoms with Gasteiger partial charge in [0.05, 0.1) is 5.39 Å². The Morgan fingerprint density at radius 2 is 2.11 bits per heavy atom. The van der Waals surface area contributed by atoms with Crippen molar-refractivity contribution in [3.63, 3.8) is 0 Å². The Kier molecular flexibility index (Phi) is 4.40. The van der Waals surface area contributed by atoms with E-state index in [1.807, 2.05) is 5.38 Å². The maximum atomic E-state index is 6.12. The summed E-state index contributed by atoms with van der Waals surface area (Å²) < 4.78 is 0. The summed E-state index contributed by atoms with van der Waals surface area (Å²) in [7, 11) is 0. The maximum absolute atomic E-state index is 6.12. The summed E-state index contributed by atoms with van der Waals surface area (Å²) in [4.78, 5) is 9.60. The second-order valence-corrected chi connectivity index (χ2v) is 5.72. The predicted molar refractivity (Wildman–Crippen MR) is 79.6 cm³/mol. The van der Waals surface area contributed by atoms with Crippen molar-refractivity contribution in [1.29, 1.82) is 0 Å². The van der Waals surface area contributed by atoms with Crippen LogP contribution in [0.3, 0.4) is 0 Å². The molecule has 0 aliphatic carbocycles. The molecule has 0 aliphatic rings. The van der Waals surface area contributed by atoms with Gasteiger partial charge < -0.3 is 5.32 Å². The summed E-state index contributed by atoms with van der Waals surface area (Å²) in [6.45, 7) is 5.23. The zero-order valence-electron chi connectivity index (χ0n) is 10.7. The SMILES string of the molecule is CCC(CC)(CCl)CNc1ncnc2sccc12. The van der Waals surface area contributed by atoms with Crippen LogP contribution < -0.4 is 5.32 Å². The number of thiophene rings is 1. The highest BCUT2D eigenvalue weighted by Crippen LogP contribution is 2.30. The topological polar surface area (TPSA) is 37.8 Å². The van der Waals surface area contributed by atoms with Gasteiger partial charge in [0.15, 0.2) is 0 Å². The molecule has 0 radical (unpaired) electrons. The van der Waals surface area contributed by atoms with E-state index in [0.29, 0.717) is 5.88 Å². The minimum absolute atomic E-state index is 0.148. The highest BCUT2D eigenvalue weighted by molar-refractivity contribution is 7.16. The van der Waals surface area contributed by atoms with Gasteiger partial charge in [0.2, 0.25) is 0 Å². The van der Waals surface area contributed by atoms with Gasteiger partial charge in [-0.25, -0.2) is 9.97 Å². The molecule has 2 rings (SSSR count). The summed E-state index contributed by atoms with van der Waals surface area (Å²) in [6.07, 6.45) is 3.75. The molecule has 0 saturated heterocycles. The average Bonchev–Trinajstić information content (AvgIpc) is 2.90. The van der Waals surface area contributed by atoms with Crippen molar-refractivity contribution in [3.8, 4) is 0 Å². The molecule has 2 heterocycles. The molecule has 0 saturated carbocycles. The lowest BCUT2D eigenvalue weighted by molar-refractivity contribution is 0.326. The number of anilines is 1. The standard InChI is InChI=1S/C13H18ClN3S/c1-3-13(4-2,7-14)8-15-11-10-5-6-18-12(10)17-9-16-11/h5-6,9H,3-4,7-8H2,1-2H3,(H,15,16,17). The van der Waals surface area contributed by atoms with Gasteiger partial charge in [0.1, 0.15) is 17.0 Å². The number of nitrogens with one attached hydrogen (secondary N) is 1. The van der Waals surface area contributed by atoms with Gasteiger partial charge in [-0.3, -0.25) is 0 Å². The molecule has 0 amide bonds. The third-order valence-electron chi connectivity index (χ3n) is 3.68. The first-order chi connectivity index (χ1) is 8.74. The van der Waals surface area contributed by atoms with E-state index in [2.05, 4.69) is 35.2 Å². The smallest absolute Gasteiger partial charge is 0.138 e. The number of fused-ring (bicyclic) bond motifs is 1. The fourth-order valence-electron chi connectivity index (χ4n) is 1.94. The molecule has 0 aliphatic heterocycles. The third kappa shape index (κ3) is 2.59.